The third-order valence-electron chi connectivity index (χ3n) is 4.20. The van der Waals surface area contributed by atoms with Crippen LogP contribution in [0.15, 0.2) is 85.3 Å². The lowest BCUT2D eigenvalue weighted by Crippen LogP contribution is -2.24. The third kappa shape index (κ3) is 3.50. The van der Waals surface area contributed by atoms with E-state index >= 15 is 0 Å². The number of benzene rings is 2. The van der Waals surface area contributed by atoms with Crippen LogP contribution in [-0.4, -0.2) is 20.3 Å². The average molecular weight is 360 g/mol. The van der Waals surface area contributed by atoms with E-state index in [0.29, 0.717) is 23.6 Å². The molecule has 2 aromatic carbocycles. The molecule has 0 aliphatic rings. The maximum Gasteiger partial charge on any atom is 0.256 e. The Balaban J connectivity index is 1.68. The van der Waals surface area contributed by atoms with E-state index in [1.165, 1.54) is 18.3 Å². The highest BCUT2D eigenvalue weighted by atomic mass is 19.1. The summed E-state index contributed by atoms with van der Waals surface area (Å²) in [5.74, 6) is 0.0438. The van der Waals surface area contributed by atoms with Crippen LogP contribution in [-0.2, 0) is 6.54 Å². The van der Waals surface area contributed by atoms with Crippen LogP contribution in [0.5, 0.6) is 0 Å². The summed E-state index contributed by atoms with van der Waals surface area (Å²) in [7, 11) is 0. The standard InChI is InChI=1S/C21H17FN4O/c22-17-8-10-18(11-9-17)26-21(25-12-4-5-13-25)19(15-24-26)20(27)23-14-16-6-2-1-3-7-16/h1-13,15H,14H2,(H,23,27). The molecule has 1 N–H and O–H groups in total. The zero-order valence-corrected chi connectivity index (χ0v) is 14.4. The van der Waals surface area contributed by atoms with Crippen molar-refractivity contribution in [2.45, 2.75) is 6.54 Å². The molecular weight excluding hydrogens is 343 g/mol. The van der Waals surface area contributed by atoms with Gasteiger partial charge in [0.25, 0.3) is 5.91 Å². The number of hydrogen-bond acceptors (Lipinski definition) is 2. The van der Waals surface area contributed by atoms with Crippen molar-refractivity contribution in [1.82, 2.24) is 19.7 Å². The highest BCUT2D eigenvalue weighted by Gasteiger charge is 2.19. The molecule has 0 bridgehead atoms. The van der Waals surface area contributed by atoms with Crippen LogP contribution in [0.2, 0.25) is 0 Å². The fourth-order valence-electron chi connectivity index (χ4n) is 2.87. The van der Waals surface area contributed by atoms with E-state index in [-0.39, 0.29) is 11.7 Å². The van der Waals surface area contributed by atoms with Crippen molar-refractivity contribution in [2.24, 2.45) is 0 Å². The average Bonchev–Trinajstić information content (AvgIpc) is 3.37. The summed E-state index contributed by atoms with van der Waals surface area (Å²) in [5, 5.41) is 7.29. The van der Waals surface area contributed by atoms with Gasteiger partial charge in [-0.15, -0.1) is 0 Å². The minimum Gasteiger partial charge on any atom is -0.348 e. The maximum absolute atomic E-state index is 13.3. The fraction of sp³-hybridized carbons (Fsp3) is 0.0476. The van der Waals surface area contributed by atoms with E-state index in [9.17, 15) is 9.18 Å². The summed E-state index contributed by atoms with van der Waals surface area (Å²) in [5.41, 5.74) is 2.12. The first-order chi connectivity index (χ1) is 13.2. The van der Waals surface area contributed by atoms with Gasteiger partial charge in [-0.25, -0.2) is 9.07 Å². The van der Waals surface area contributed by atoms with E-state index in [4.69, 9.17) is 0 Å². The van der Waals surface area contributed by atoms with Crippen LogP contribution in [0.3, 0.4) is 0 Å². The molecule has 0 saturated carbocycles. The van der Waals surface area contributed by atoms with Crippen molar-refractivity contribution < 1.29 is 9.18 Å². The Labute approximate surface area is 155 Å². The van der Waals surface area contributed by atoms with Crippen LogP contribution in [0.4, 0.5) is 4.39 Å². The molecule has 0 aliphatic heterocycles. The molecule has 0 aliphatic carbocycles. The zero-order chi connectivity index (χ0) is 18.6. The molecule has 0 radical (unpaired) electrons. The van der Waals surface area contributed by atoms with Crippen LogP contribution < -0.4 is 5.32 Å². The first-order valence-electron chi connectivity index (χ1n) is 8.52. The Morgan fingerprint density at radius 3 is 2.37 bits per heavy atom. The highest BCUT2D eigenvalue weighted by Crippen LogP contribution is 2.20. The Kier molecular flexibility index (Phi) is 4.53. The summed E-state index contributed by atoms with van der Waals surface area (Å²) >= 11 is 0. The van der Waals surface area contributed by atoms with E-state index in [2.05, 4.69) is 10.4 Å². The number of amides is 1. The number of hydrogen-bond donors (Lipinski definition) is 1. The summed E-state index contributed by atoms with van der Waals surface area (Å²) in [4.78, 5) is 12.8. The minimum absolute atomic E-state index is 0.226. The second-order valence-corrected chi connectivity index (χ2v) is 6.03. The molecule has 6 heteroatoms. The molecule has 1 amide bonds. The van der Waals surface area contributed by atoms with Gasteiger partial charge in [-0.2, -0.15) is 5.10 Å². The SMILES string of the molecule is O=C(NCc1ccccc1)c1cnn(-c2ccc(F)cc2)c1-n1cccc1. The highest BCUT2D eigenvalue weighted by molar-refractivity contribution is 5.97. The summed E-state index contributed by atoms with van der Waals surface area (Å²) in [6.45, 7) is 0.423. The quantitative estimate of drug-likeness (QED) is 0.590. The Bertz CT molecular complexity index is 1040. The van der Waals surface area contributed by atoms with Gasteiger partial charge in [0.2, 0.25) is 0 Å². The Morgan fingerprint density at radius 1 is 0.963 bits per heavy atom. The van der Waals surface area contributed by atoms with Gasteiger partial charge < -0.3 is 9.88 Å². The molecule has 4 rings (SSSR count). The second kappa shape index (κ2) is 7.29. The lowest BCUT2D eigenvalue weighted by atomic mass is 10.2. The van der Waals surface area contributed by atoms with Crippen LogP contribution >= 0.6 is 0 Å². The van der Waals surface area contributed by atoms with Crippen LogP contribution in [0.1, 0.15) is 15.9 Å². The number of aromatic nitrogens is 3. The molecular formula is C21H17FN4O. The molecule has 0 fully saturated rings. The predicted molar refractivity (Wildman–Crippen MR) is 100 cm³/mol. The number of carbonyl (C=O) groups is 1. The van der Waals surface area contributed by atoms with Gasteiger partial charge in [0.15, 0.2) is 5.82 Å². The zero-order valence-electron chi connectivity index (χ0n) is 14.4. The molecule has 134 valence electrons. The Morgan fingerprint density at radius 2 is 1.67 bits per heavy atom. The normalized spacial score (nSPS) is 10.7. The first kappa shape index (κ1) is 16.8. The maximum atomic E-state index is 13.3. The molecule has 4 aromatic rings. The molecule has 2 heterocycles. The monoisotopic (exact) mass is 360 g/mol. The Hall–Kier alpha value is -3.67. The fourth-order valence-corrected chi connectivity index (χ4v) is 2.87. The van der Waals surface area contributed by atoms with Crippen molar-refractivity contribution in [3.05, 3.63) is 102 Å². The van der Waals surface area contributed by atoms with Crippen molar-refractivity contribution in [3.8, 4) is 11.5 Å². The van der Waals surface area contributed by atoms with Crippen molar-refractivity contribution in [3.63, 3.8) is 0 Å². The van der Waals surface area contributed by atoms with Crippen molar-refractivity contribution in [1.29, 1.82) is 0 Å². The van der Waals surface area contributed by atoms with Crippen molar-refractivity contribution >= 4 is 5.91 Å². The van der Waals surface area contributed by atoms with E-state index in [1.807, 2.05) is 59.4 Å². The van der Waals surface area contributed by atoms with E-state index < -0.39 is 0 Å². The van der Waals surface area contributed by atoms with Gasteiger partial charge in [0, 0.05) is 18.9 Å². The number of nitrogens with one attached hydrogen (secondary N) is 1. The second-order valence-electron chi connectivity index (χ2n) is 6.03. The first-order valence-corrected chi connectivity index (χ1v) is 8.52. The van der Waals surface area contributed by atoms with Crippen LogP contribution in [0.25, 0.3) is 11.5 Å². The van der Waals surface area contributed by atoms with Crippen LogP contribution in [0, 0.1) is 5.82 Å². The molecule has 0 spiro atoms. The predicted octanol–water partition coefficient (Wildman–Crippen LogP) is 3.73. The van der Waals surface area contributed by atoms with Crippen molar-refractivity contribution in [2.75, 3.05) is 0 Å². The van der Waals surface area contributed by atoms with Gasteiger partial charge in [0.05, 0.1) is 11.9 Å². The molecule has 2 aromatic heterocycles. The topological polar surface area (TPSA) is 51.9 Å². The molecule has 0 unspecified atom stereocenters. The molecule has 5 nitrogen and oxygen atoms in total. The van der Waals surface area contributed by atoms with E-state index in [0.717, 1.165) is 5.56 Å². The lowest BCUT2D eigenvalue weighted by molar-refractivity contribution is 0.0951. The van der Waals surface area contributed by atoms with Gasteiger partial charge >= 0.3 is 0 Å². The summed E-state index contributed by atoms with van der Waals surface area (Å²) < 4.78 is 16.7. The number of rotatable bonds is 5. The molecule has 27 heavy (non-hydrogen) atoms. The molecule has 0 atom stereocenters. The third-order valence-corrected chi connectivity index (χ3v) is 4.20. The summed E-state index contributed by atoms with van der Waals surface area (Å²) in [6.07, 6.45) is 5.20. The molecule has 0 saturated heterocycles. The van der Waals surface area contributed by atoms with Gasteiger partial charge in [-0.3, -0.25) is 4.79 Å². The van der Waals surface area contributed by atoms with Gasteiger partial charge in [-0.05, 0) is 42.0 Å². The summed E-state index contributed by atoms with van der Waals surface area (Å²) in [6, 6.07) is 19.4. The largest absolute Gasteiger partial charge is 0.348 e. The van der Waals surface area contributed by atoms with E-state index in [1.54, 1.807) is 16.8 Å². The minimum atomic E-state index is -0.325. The smallest absolute Gasteiger partial charge is 0.256 e. The van der Waals surface area contributed by atoms with Gasteiger partial charge in [0.1, 0.15) is 11.4 Å². The number of carbonyl (C=O) groups excluding carboxylic acids is 1. The van der Waals surface area contributed by atoms with Gasteiger partial charge in [-0.1, -0.05) is 30.3 Å². The lowest BCUT2D eigenvalue weighted by Gasteiger charge is -2.11. The number of nitrogens with zero attached hydrogens (tertiary/aromatic N) is 3. The number of halogens is 1.